The molecule has 1 rings (SSSR count). The summed E-state index contributed by atoms with van der Waals surface area (Å²) in [7, 11) is 0. The minimum absolute atomic E-state index is 0.0204. The van der Waals surface area contributed by atoms with E-state index in [1.807, 2.05) is 6.92 Å². The third-order valence-electron chi connectivity index (χ3n) is 4.36. The van der Waals surface area contributed by atoms with E-state index in [1.165, 1.54) is 0 Å². The van der Waals surface area contributed by atoms with Crippen molar-refractivity contribution in [3.8, 4) is 0 Å². The van der Waals surface area contributed by atoms with Crippen molar-refractivity contribution in [2.24, 2.45) is 16.2 Å². The summed E-state index contributed by atoms with van der Waals surface area (Å²) in [6.07, 6.45) is 1.15. The van der Waals surface area contributed by atoms with Crippen LogP contribution < -0.4 is 0 Å². The molecule has 21 heavy (non-hydrogen) atoms. The third kappa shape index (κ3) is 4.72. The summed E-state index contributed by atoms with van der Waals surface area (Å²) in [5, 5.41) is 0. The second-order valence-electron chi connectivity index (χ2n) is 8.56. The molecule has 1 fully saturated rings. The molecule has 0 saturated carbocycles. The van der Waals surface area contributed by atoms with Gasteiger partial charge in [0.2, 0.25) is 0 Å². The lowest BCUT2D eigenvalue weighted by atomic mass is 9.61. The highest BCUT2D eigenvalue weighted by atomic mass is 16.6. The molecule has 0 amide bonds. The zero-order valence-electron chi connectivity index (χ0n) is 14.5. The van der Waals surface area contributed by atoms with E-state index in [4.69, 9.17) is 9.47 Å². The van der Waals surface area contributed by atoms with Crippen LogP contribution in [0, 0.1) is 16.2 Å². The Labute approximate surface area is 128 Å². The van der Waals surface area contributed by atoms with Gasteiger partial charge in [-0.05, 0) is 24.2 Å². The lowest BCUT2D eigenvalue weighted by Crippen LogP contribution is -2.46. The predicted octanol–water partition coefficient (Wildman–Crippen LogP) is 3.72. The minimum atomic E-state index is -0.591. The number of hydrogen-bond acceptors (Lipinski definition) is 4. The van der Waals surface area contributed by atoms with Crippen LogP contribution in [-0.2, 0) is 19.1 Å². The fourth-order valence-corrected chi connectivity index (χ4v) is 2.74. The second kappa shape index (κ2) is 5.98. The first kappa shape index (κ1) is 18.0. The van der Waals surface area contributed by atoms with Crippen molar-refractivity contribution < 1.29 is 19.1 Å². The Bertz CT molecular complexity index is 400. The van der Waals surface area contributed by atoms with E-state index < -0.39 is 5.41 Å². The van der Waals surface area contributed by atoms with Gasteiger partial charge in [-0.25, -0.2) is 0 Å². The molecule has 4 nitrogen and oxygen atoms in total. The van der Waals surface area contributed by atoms with Crippen molar-refractivity contribution in [1.29, 1.82) is 0 Å². The van der Waals surface area contributed by atoms with Gasteiger partial charge in [-0.3, -0.25) is 9.59 Å². The molecule has 0 aliphatic carbocycles. The van der Waals surface area contributed by atoms with Gasteiger partial charge < -0.3 is 9.47 Å². The molecule has 1 aliphatic rings. The van der Waals surface area contributed by atoms with Crippen LogP contribution in [0.1, 0.15) is 67.7 Å². The molecule has 0 aromatic carbocycles. The van der Waals surface area contributed by atoms with Crippen LogP contribution in [0.25, 0.3) is 0 Å². The van der Waals surface area contributed by atoms with Crippen molar-refractivity contribution in [3.05, 3.63) is 0 Å². The first-order valence-corrected chi connectivity index (χ1v) is 7.72. The highest BCUT2D eigenvalue weighted by molar-refractivity contribution is 5.78. The molecule has 1 heterocycles. The maximum atomic E-state index is 12.8. The van der Waals surface area contributed by atoms with Gasteiger partial charge in [0.05, 0.1) is 18.4 Å². The topological polar surface area (TPSA) is 52.6 Å². The first-order chi connectivity index (χ1) is 9.35. The Morgan fingerprint density at radius 1 is 1.19 bits per heavy atom. The number of cyclic esters (lactones) is 1. The zero-order chi connectivity index (χ0) is 16.5. The maximum Gasteiger partial charge on any atom is 0.312 e. The second-order valence-corrected chi connectivity index (χ2v) is 8.56. The van der Waals surface area contributed by atoms with E-state index >= 15 is 0 Å². The number of rotatable bonds is 3. The summed E-state index contributed by atoms with van der Waals surface area (Å²) in [6, 6.07) is 0. The smallest absolute Gasteiger partial charge is 0.312 e. The third-order valence-corrected chi connectivity index (χ3v) is 4.36. The van der Waals surface area contributed by atoms with Crippen molar-refractivity contribution >= 4 is 11.9 Å². The molecule has 0 radical (unpaired) electrons. The highest BCUT2D eigenvalue weighted by Crippen LogP contribution is 2.47. The molecule has 0 spiro atoms. The van der Waals surface area contributed by atoms with Crippen LogP contribution in [-0.4, -0.2) is 24.6 Å². The van der Waals surface area contributed by atoms with Gasteiger partial charge in [0.15, 0.2) is 0 Å². The Balaban J connectivity index is 2.88. The van der Waals surface area contributed by atoms with Crippen LogP contribution >= 0.6 is 0 Å². The van der Waals surface area contributed by atoms with Crippen molar-refractivity contribution in [2.45, 2.75) is 73.8 Å². The average Bonchev–Trinajstić information content (AvgIpc) is 2.24. The van der Waals surface area contributed by atoms with Crippen LogP contribution in [0.5, 0.6) is 0 Å². The lowest BCUT2D eigenvalue weighted by Gasteiger charge is -2.44. The van der Waals surface area contributed by atoms with Gasteiger partial charge in [0, 0.05) is 6.42 Å². The van der Waals surface area contributed by atoms with Gasteiger partial charge in [0.25, 0.3) is 0 Å². The molecule has 122 valence electrons. The number of esters is 2. The van der Waals surface area contributed by atoms with Gasteiger partial charge >= 0.3 is 11.9 Å². The fraction of sp³-hybridized carbons (Fsp3) is 0.882. The number of carbonyl (C=O) groups is 2. The van der Waals surface area contributed by atoms with Crippen LogP contribution in [0.2, 0.25) is 0 Å². The van der Waals surface area contributed by atoms with E-state index in [9.17, 15) is 9.59 Å². The first-order valence-electron chi connectivity index (χ1n) is 7.72. The Morgan fingerprint density at radius 2 is 1.76 bits per heavy atom. The van der Waals surface area contributed by atoms with E-state index in [0.717, 1.165) is 6.42 Å². The molecular weight excluding hydrogens is 268 g/mol. The molecule has 2 atom stereocenters. The Hall–Kier alpha value is -1.06. The summed E-state index contributed by atoms with van der Waals surface area (Å²) in [4.78, 5) is 24.1. The van der Waals surface area contributed by atoms with Gasteiger partial charge in [-0.2, -0.15) is 0 Å². The van der Waals surface area contributed by atoms with Crippen molar-refractivity contribution in [2.75, 3.05) is 6.61 Å². The van der Waals surface area contributed by atoms with Gasteiger partial charge in [-0.1, -0.05) is 41.5 Å². The summed E-state index contributed by atoms with van der Waals surface area (Å²) < 4.78 is 10.6. The summed E-state index contributed by atoms with van der Waals surface area (Å²) in [5.41, 5.74) is -0.786. The fourth-order valence-electron chi connectivity index (χ4n) is 2.74. The van der Waals surface area contributed by atoms with Crippen molar-refractivity contribution in [1.82, 2.24) is 0 Å². The van der Waals surface area contributed by atoms with E-state index in [-0.39, 0.29) is 35.3 Å². The minimum Gasteiger partial charge on any atom is -0.465 e. The largest absolute Gasteiger partial charge is 0.465 e. The zero-order valence-corrected chi connectivity index (χ0v) is 14.5. The molecule has 0 bridgehead atoms. The van der Waals surface area contributed by atoms with Crippen LogP contribution in [0.15, 0.2) is 0 Å². The monoisotopic (exact) mass is 298 g/mol. The summed E-state index contributed by atoms with van der Waals surface area (Å²) >= 11 is 0. The number of hydrogen-bond donors (Lipinski definition) is 0. The van der Waals surface area contributed by atoms with E-state index in [2.05, 4.69) is 41.5 Å². The Morgan fingerprint density at radius 3 is 2.19 bits per heavy atom. The quantitative estimate of drug-likeness (QED) is 0.745. The van der Waals surface area contributed by atoms with Crippen LogP contribution in [0.4, 0.5) is 0 Å². The summed E-state index contributed by atoms with van der Waals surface area (Å²) in [5.74, 6) is -0.489. The molecule has 1 saturated heterocycles. The normalized spacial score (nSPS) is 23.2. The molecule has 0 aromatic rings. The lowest BCUT2D eigenvalue weighted by molar-refractivity contribution is -0.177. The molecule has 0 aromatic heterocycles. The van der Waals surface area contributed by atoms with E-state index in [0.29, 0.717) is 13.0 Å². The molecular formula is C17H30O4. The maximum absolute atomic E-state index is 12.8. The molecule has 1 aliphatic heterocycles. The van der Waals surface area contributed by atoms with Gasteiger partial charge in [-0.15, -0.1) is 0 Å². The molecule has 4 heteroatoms. The Kier molecular flexibility index (Phi) is 5.12. The summed E-state index contributed by atoms with van der Waals surface area (Å²) in [6.45, 7) is 14.9. The predicted molar refractivity (Wildman–Crippen MR) is 81.7 cm³/mol. The molecule has 2 unspecified atom stereocenters. The SMILES string of the molecule is CC(C)(C)CC(C)(C(=O)OC1CCOC(=O)C1)C(C)(C)C. The van der Waals surface area contributed by atoms with Gasteiger partial charge in [0.1, 0.15) is 6.10 Å². The van der Waals surface area contributed by atoms with E-state index in [1.54, 1.807) is 0 Å². The standard InChI is InChI=1S/C17H30O4/c1-15(2,3)11-17(7,16(4,5)6)14(19)21-12-8-9-20-13(18)10-12/h12H,8-11H2,1-7H3. The average molecular weight is 298 g/mol. The molecule has 0 N–H and O–H groups in total. The van der Waals surface area contributed by atoms with Crippen LogP contribution in [0.3, 0.4) is 0 Å². The number of ether oxygens (including phenoxy) is 2. The number of carbonyl (C=O) groups excluding carboxylic acids is 2. The highest BCUT2D eigenvalue weighted by Gasteiger charge is 2.48. The van der Waals surface area contributed by atoms with Crippen molar-refractivity contribution in [3.63, 3.8) is 0 Å².